The first-order valence-corrected chi connectivity index (χ1v) is 6.87. The van der Waals surface area contributed by atoms with Gasteiger partial charge in [-0.15, -0.1) is 0 Å². The standard InChI is InChI=1S/C12H22N2S/c1-12(2,3)6-7-13-11-14-8-10(15-11)9-4-5-9/h9-10H,4-8H2,1-3H3,(H,13,14). The molecular formula is C12H22N2S. The number of nitrogens with one attached hydrogen (secondary N) is 1. The predicted molar refractivity (Wildman–Crippen MR) is 68.5 cm³/mol. The molecule has 0 aromatic rings. The van der Waals surface area contributed by atoms with Crippen LogP contribution in [-0.2, 0) is 0 Å². The van der Waals surface area contributed by atoms with Crippen LogP contribution in [0.25, 0.3) is 0 Å². The smallest absolute Gasteiger partial charge is 0.156 e. The highest BCUT2D eigenvalue weighted by Gasteiger charge is 2.35. The van der Waals surface area contributed by atoms with Crippen LogP contribution >= 0.6 is 11.8 Å². The highest BCUT2D eigenvalue weighted by atomic mass is 32.2. The maximum atomic E-state index is 4.57. The Morgan fingerprint density at radius 3 is 2.73 bits per heavy atom. The van der Waals surface area contributed by atoms with Crippen LogP contribution in [0.4, 0.5) is 0 Å². The van der Waals surface area contributed by atoms with Crippen molar-refractivity contribution in [2.45, 2.75) is 45.3 Å². The van der Waals surface area contributed by atoms with Gasteiger partial charge in [-0.05, 0) is 30.6 Å². The Kier molecular flexibility index (Phi) is 3.29. The molecule has 0 saturated heterocycles. The number of hydrogen-bond donors (Lipinski definition) is 1. The summed E-state index contributed by atoms with van der Waals surface area (Å²) in [5.41, 5.74) is 0.423. The summed E-state index contributed by atoms with van der Waals surface area (Å²) < 4.78 is 0. The fourth-order valence-electron chi connectivity index (χ4n) is 1.75. The van der Waals surface area contributed by atoms with Gasteiger partial charge in [-0.25, -0.2) is 0 Å². The third-order valence-electron chi connectivity index (χ3n) is 2.98. The van der Waals surface area contributed by atoms with Crippen molar-refractivity contribution in [2.75, 3.05) is 13.1 Å². The molecule has 2 rings (SSSR count). The van der Waals surface area contributed by atoms with Crippen molar-refractivity contribution in [3.63, 3.8) is 0 Å². The number of aliphatic imine (C=N–C) groups is 1. The van der Waals surface area contributed by atoms with Crippen LogP contribution in [0.3, 0.4) is 0 Å². The van der Waals surface area contributed by atoms with Crippen molar-refractivity contribution in [3.05, 3.63) is 0 Å². The van der Waals surface area contributed by atoms with E-state index in [1.807, 2.05) is 11.8 Å². The Bertz CT molecular complexity index is 251. The Balaban J connectivity index is 1.64. The summed E-state index contributed by atoms with van der Waals surface area (Å²) in [6, 6.07) is 0. The molecule has 0 aromatic heterocycles. The molecule has 0 amide bonds. The molecule has 0 spiro atoms. The summed E-state index contributed by atoms with van der Waals surface area (Å²) in [5, 5.41) is 5.45. The molecule has 1 unspecified atom stereocenters. The normalized spacial score (nSPS) is 26.6. The molecule has 1 saturated carbocycles. The van der Waals surface area contributed by atoms with Crippen LogP contribution < -0.4 is 5.32 Å². The first-order chi connectivity index (χ1) is 7.04. The number of thioether (sulfide) groups is 1. The Hall–Kier alpha value is -0.180. The van der Waals surface area contributed by atoms with Gasteiger partial charge in [-0.1, -0.05) is 32.5 Å². The first-order valence-electron chi connectivity index (χ1n) is 5.99. The molecule has 0 aromatic carbocycles. The SMILES string of the molecule is CC(C)(C)CCNC1=NCC(C2CC2)S1. The zero-order valence-electron chi connectivity index (χ0n) is 10.0. The van der Waals surface area contributed by atoms with Crippen molar-refractivity contribution in [1.29, 1.82) is 0 Å². The quantitative estimate of drug-likeness (QED) is 0.800. The Morgan fingerprint density at radius 2 is 2.13 bits per heavy atom. The van der Waals surface area contributed by atoms with Crippen molar-refractivity contribution < 1.29 is 0 Å². The lowest BCUT2D eigenvalue weighted by molar-refractivity contribution is 0.378. The largest absolute Gasteiger partial charge is 0.365 e. The van der Waals surface area contributed by atoms with E-state index in [4.69, 9.17) is 0 Å². The maximum absolute atomic E-state index is 4.57. The fraction of sp³-hybridized carbons (Fsp3) is 0.917. The van der Waals surface area contributed by atoms with E-state index in [2.05, 4.69) is 31.1 Å². The summed E-state index contributed by atoms with van der Waals surface area (Å²) >= 11 is 1.97. The van der Waals surface area contributed by atoms with E-state index >= 15 is 0 Å². The van der Waals surface area contributed by atoms with Gasteiger partial charge in [0.15, 0.2) is 5.17 Å². The van der Waals surface area contributed by atoms with E-state index in [1.165, 1.54) is 24.4 Å². The summed E-state index contributed by atoms with van der Waals surface area (Å²) in [5.74, 6) is 0.973. The molecule has 1 aliphatic heterocycles. The Morgan fingerprint density at radius 1 is 1.40 bits per heavy atom. The van der Waals surface area contributed by atoms with Gasteiger partial charge in [0, 0.05) is 11.8 Å². The van der Waals surface area contributed by atoms with Gasteiger partial charge in [0.05, 0.1) is 6.54 Å². The van der Waals surface area contributed by atoms with Crippen molar-refractivity contribution in [3.8, 4) is 0 Å². The lowest BCUT2D eigenvalue weighted by atomic mass is 9.92. The second-order valence-corrected chi connectivity index (χ2v) is 7.10. The lowest BCUT2D eigenvalue weighted by Crippen LogP contribution is -2.24. The first kappa shape index (κ1) is 11.3. The number of rotatable bonds is 3. The average molecular weight is 226 g/mol. The van der Waals surface area contributed by atoms with E-state index in [-0.39, 0.29) is 0 Å². The van der Waals surface area contributed by atoms with Gasteiger partial charge >= 0.3 is 0 Å². The molecule has 2 aliphatic rings. The van der Waals surface area contributed by atoms with Crippen LogP contribution in [-0.4, -0.2) is 23.5 Å². The average Bonchev–Trinajstić information content (AvgIpc) is 2.86. The summed E-state index contributed by atoms with van der Waals surface area (Å²) in [6.07, 6.45) is 4.07. The molecule has 0 radical (unpaired) electrons. The molecule has 1 heterocycles. The monoisotopic (exact) mass is 226 g/mol. The molecule has 15 heavy (non-hydrogen) atoms. The fourth-order valence-corrected chi connectivity index (χ4v) is 2.98. The third kappa shape index (κ3) is 3.71. The van der Waals surface area contributed by atoms with E-state index in [0.29, 0.717) is 5.41 Å². The van der Waals surface area contributed by atoms with Gasteiger partial charge < -0.3 is 5.32 Å². The van der Waals surface area contributed by atoms with Gasteiger partial charge in [0.1, 0.15) is 0 Å². The zero-order valence-corrected chi connectivity index (χ0v) is 10.9. The maximum Gasteiger partial charge on any atom is 0.156 e. The molecule has 86 valence electrons. The van der Waals surface area contributed by atoms with E-state index in [9.17, 15) is 0 Å². The van der Waals surface area contributed by atoms with Crippen LogP contribution in [0.5, 0.6) is 0 Å². The van der Waals surface area contributed by atoms with Crippen LogP contribution in [0, 0.1) is 11.3 Å². The van der Waals surface area contributed by atoms with Crippen LogP contribution in [0.15, 0.2) is 4.99 Å². The van der Waals surface area contributed by atoms with E-state index in [0.717, 1.165) is 24.3 Å². The molecule has 2 nitrogen and oxygen atoms in total. The number of amidine groups is 1. The van der Waals surface area contributed by atoms with Crippen molar-refractivity contribution in [2.24, 2.45) is 16.3 Å². The van der Waals surface area contributed by atoms with E-state index in [1.54, 1.807) is 0 Å². The predicted octanol–water partition coefficient (Wildman–Crippen LogP) is 2.89. The third-order valence-corrected chi connectivity index (χ3v) is 4.31. The highest BCUT2D eigenvalue weighted by molar-refractivity contribution is 8.14. The minimum Gasteiger partial charge on any atom is -0.365 e. The minimum atomic E-state index is 0.423. The molecule has 1 N–H and O–H groups in total. The molecule has 3 heteroatoms. The van der Waals surface area contributed by atoms with E-state index < -0.39 is 0 Å². The summed E-state index contributed by atoms with van der Waals surface area (Å²) in [6.45, 7) is 8.96. The lowest BCUT2D eigenvalue weighted by Gasteiger charge is -2.18. The molecule has 1 atom stereocenters. The molecular weight excluding hydrogens is 204 g/mol. The summed E-state index contributed by atoms with van der Waals surface area (Å²) in [4.78, 5) is 4.57. The number of hydrogen-bond acceptors (Lipinski definition) is 3. The van der Waals surface area contributed by atoms with Crippen LogP contribution in [0.2, 0.25) is 0 Å². The van der Waals surface area contributed by atoms with Gasteiger partial charge in [0.2, 0.25) is 0 Å². The molecule has 1 aliphatic carbocycles. The summed E-state index contributed by atoms with van der Waals surface area (Å²) in [7, 11) is 0. The van der Waals surface area contributed by atoms with Crippen molar-refractivity contribution in [1.82, 2.24) is 5.32 Å². The number of nitrogens with zero attached hydrogens (tertiary/aromatic N) is 1. The minimum absolute atomic E-state index is 0.423. The van der Waals surface area contributed by atoms with Crippen molar-refractivity contribution >= 4 is 16.9 Å². The zero-order chi connectivity index (χ0) is 10.9. The second kappa shape index (κ2) is 4.36. The topological polar surface area (TPSA) is 24.4 Å². The Labute approximate surface area is 97.3 Å². The van der Waals surface area contributed by atoms with Gasteiger partial charge in [-0.3, -0.25) is 4.99 Å². The van der Waals surface area contributed by atoms with Crippen LogP contribution in [0.1, 0.15) is 40.0 Å². The highest BCUT2D eigenvalue weighted by Crippen LogP contribution is 2.41. The van der Waals surface area contributed by atoms with Gasteiger partial charge in [-0.2, -0.15) is 0 Å². The molecule has 0 bridgehead atoms. The second-order valence-electron chi connectivity index (χ2n) is 5.88. The van der Waals surface area contributed by atoms with Gasteiger partial charge in [0.25, 0.3) is 0 Å². The molecule has 1 fully saturated rings.